The monoisotopic (exact) mass is 510 g/mol. The zero-order valence-electron chi connectivity index (χ0n) is 14.8. The van der Waals surface area contributed by atoms with Crippen LogP contribution in [0, 0.1) is 5.92 Å². The molecule has 1 aliphatic rings. The fraction of sp³-hybridized carbons (Fsp3) is 0.444. The summed E-state index contributed by atoms with van der Waals surface area (Å²) in [4.78, 5) is 7.78. The van der Waals surface area contributed by atoms with Crippen molar-refractivity contribution in [1.82, 2.24) is 15.6 Å². The third kappa shape index (κ3) is 6.34. The second kappa shape index (κ2) is 9.72. The summed E-state index contributed by atoms with van der Waals surface area (Å²) < 4.78 is 37.6. The molecule has 3 rings (SSSR count). The van der Waals surface area contributed by atoms with E-state index in [-0.39, 0.29) is 24.0 Å². The van der Waals surface area contributed by atoms with Crippen LogP contribution in [0.5, 0.6) is 0 Å². The molecule has 1 fully saturated rings. The van der Waals surface area contributed by atoms with Gasteiger partial charge in [-0.15, -0.1) is 35.3 Å². The van der Waals surface area contributed by atoms with Crippen molar-refractivity contribution < 1.29 is 13.2 Å². The van der Waals surface area contributed by atoms with Crippen LogP contribution >= 0.6 is 35.3 Å². The maximum atomic E-state index is 12.5. The van der Waals surface area contributed by atoms with E-state index in [1.165, 1.54) is 5.56 Å². The van der Waals surface area contributed by atoms with Gasteiger partial charge >= 0.3 is 6.18 Å². The zero-order chi connectivity index (χ0) is 18.6. The Morgan fingerprint density at radius 2 is 2.00 bits per heavy atom. The Hall–Kier alpha value is -1.36. The van der Waals surface area contributed by atoms with Gasteiger partial charge in [0.25, 0.3) is 0 Å². The van der Waals surface area contributed by atoms with Crippen molar-refractivity contribution in [3.05, 3.63) is 52.0 Å². The number of benzene rings is 1. The Morgan fingerprint density at radius 3 is 2.63 bits per heavy atom. The lowest BCUT2D eigenvalue weighted by atomic mass is 10.1. The predicted octanol–water partition coefficient (Wildman–Crippen LogP) is 4.29. The molecular weight excluding hydrogens is 488 g/mol. The summed E-state index contributed by atoms with van der Waals surface area (Å²) in [7, 11) is 1.68. The molecule has 0 aliphatic heterocycles. The Morgan fingerprint density at radius 1 is 1.26 bits per heavy atom. The van der Waals surface area contributed by atoms with Gasteiger partial charge in [-0.2, -0.15) is 13.2 Å². The molecule has 1 aliphatic carbocycles. The first kappa shape index (κ1) is 21.9. The van der Waals surface area contributed by atoms with Crippen LogP contribution in [0.2, 0.25) is 0 Å². The number of alkyl halides is 3. The molecule has 148 valence electrons. The van der Waals surface area contributed by atoms with E-state index in [1.54, 1.807) is 7.05 Å². The molecule has 2 unspecified atom stereocenters. The van der Waals surface area contributed by atoms with E-state index in [9.17, 15) is 13.2 Å². The van der Waals surface area contributed by atoms with E-state index >= 15 is 0 Å². The number of aliphatic imine (C=N–C) groups is 1. The molecule has 0 saturated heterocycles. The van der Waals surface area contributed by atoms with Gasteiger partial charge in [-0.1, -0.05) is 30.3 Å². The van der Waals surface area contributed by atoms with Gasteiger partial charge in [0.15, 0.2) is 11.7 Å². The standard InChI is InChI=1S/C18H21F3N4S.HI/c1-22-17(23-8-7-16-25-15(11-26-16)18(19,20)21)24-10-13-9-14(13)12-5-3-2-4-6-12;/h2-6,11,13-14H,7-10H2,1H3,(H2,22,23,24);1H. The molecule has 1 aromatic carbocycles. The fourth-order valence-corrected chi connectivity index (χ4v) is 3.68. The molecule has 1 aromatic heterocycles. The van der Waals surface area contributed by atoms with Crippen LogP contribution in [0.4, 0.5) is 13.2 Å². The third-order valence-electron chi connectivity index (χ3n) is 4.38. The smallest absolute Gasteiger partial charge is 0.356 e. The highest BCUT2D eigenvalue weighted by Gasteiger charge is 2.37. The van der Waals surface area contributed by atoms with Gasteiger partial charge in [-0.25, -0.2) is 4.98 Å². The van der Waals surface area contributed by atoms with Crippen LogP contribution in [0.15, 0.2) is 40.7 Å². The second-order valence-corrected chi connectivity index (χ2v) is 7.21. The van der Waals surface area contributed by atoms with Crippen LogP contribution in [-0.4, -0.2) is 31.1 Å². The Bertz CT molecular complexity index is 749. The summed E-state index contributed by atoms with van der Waals surface area (Å²) in [5, 5.41) is 7.94. The van der Waals surface area contributed by atoms with Crippen molar-refractivity contribution in [2.75, 3.05) is 20.1 Å². The van der Waals surface area contributed by atoms with Crippen LogP contribution in [0.3, 0.4) is 0 Å². The number of aromatic nitrogens is 1. The molecule has 0 spiro atoms. The molecule has 0 amide bonds. The number of nitrogens with one attached hydrogen (secondary N) is 2. The lowest BCUT2D eigenvalue weighted by molar-refractivity contribution is -0.140. The van der Waals surface area contributed by atoms with E-state index in [0.29, 0.717) is 35.8 Å². The van der Waals surface area contributed by atoms with Crippen molar-refractivity contribution in [3.8, 4) is 0 Å². The largest absolute Gasteiger partial charge is 0.434 e. The molecule has 2 N–H and O–H groups in total. The van der Waals surface area contributed by atoms with E-state index in [1.807, 2.05) is 6.07 Å². The zero-order valence-corrected chi connectivity index (χ0v) is 17.9. The predicted molar refractivity (Wildman–Crippen MR) is 113 cm³/mol. The van der Waals surface area contributed by atoms with Crippen LogP contribution < -0.4 is 10.6 Å². The maximum Gasteiger partial charge on any atom is 0.434 e. The fourth-order valence-electron chi connectivity index (χ4n) is 2.87. The number of nitrogens with zero attached hydrogens (tertiary/aromatic N) is 2. The molecule has 0 bridgehead atoms. The normalized spacial score (nSPS) is 19.3. The van der Waals surface area contributed by atoms with Crippen molar-refractivity contribution in [2.45, 2.75) is 24.9 Å². The molecule has 2 aromatic rings. The Kier molecular flexibility index (Phi) is 7.90. The summed E-state index contributed by atoms with van der Waals surface area (Å²) in [6.07, 6.45) is -2.79. The molecule has 27 heavy (non-hydrogen) atoms. The average Bonchev–Trinajstić information content (AvgIpc) is 3.24. The SMILES string of the molecule is CN=C(NCCc1nc(C(F)(F)F)cs1)NCC1CC1c1ccccc1.I. The number of halogens is 4. The highest BCUT2D eigenvalue weighted by molar-refractivity contribution is 14.0. The molecule has 1 saturated carbocycles. The average molecular weight is 510 g/mol. The highest BCUT2D eigenvalue weighted by atomic mass is 127. The third-order valence-corrected chi connectivity index (χ3v) is 5.29. The second-order valence-electron chi connectivity index (χ2n) is 6.27. The summed E-state index contributed by atoms with van der Waals surface area (Å²) in [5.41, 5.74) is 0.548. The van der Waals surface area contributed by atoms with Gasteiger partial charge in [-0.05, 0) is 23.8 Å². The van der Waals surface area contributed by atoms with Gasteiger partial charge in [0, 0.05) is 31.9 Å². The van der Waals surface area contributed by atoms with Crippen molar-refractivity contribution in [1.29, 1.82) is 0 Å². The number of guanidine groups is 1. The van der Waals surface area contributed by atoms with Crippen LogP contribution in [0.1, 0.15) is 28.6 Å². The van der Waals surface area contributed by atoms with Gasteiger partial charge in [0.2, 0.25) is 0 Å². The molecule has 9 heteroatoms. The minimum absolute atomic E-state index is 0. The first-order chi connectivity index (χ1) is 12.5. The van der Waals surface area contributed by atoms with E-state index < -0.39 is 11.9 Å². The first-order valence-corrected chi connectivity index (χ1v) is 9.36. The van der Waals surface area contributed by atoms with E-state index in [0.717, 1.165) is 29.7 Å². The van der Waals surface area contributed by atoms with Crippen LogP contribution in [-0.2, 0) is 12.6 Å². The molecule has 0 radical (unpaired) electrons. The van der Waals surface area contributed by atoms with Crippen molar-refractivity contribution in [2.24, 2.45) is 10.9 Å². The Balaban J connectivity index is 0.00000261. The first-order valence-electron chi connectivity index (χ1n) is 8.48. The van der Waals surface area contributed by atoms with Crippen molar-refractivity contribution in [3.63, 3.8) is 0 Å². The molecular formula is C18H22F3IN4S. The quantitative estimate of drug-likeness (QED) is 0.347. The van der Waals surface area contributed by atoms with E-state index in [4.69, 9.17) is 0 Å². The van der Waals surface area contributed by atoms with Gasteiger partial charge in [0.1, 0.15) is 0 Å². The summed E-state index contributed by atoms with van der Waals surface area (Å²) in [6, 6.07) is 10.4. The summed E-state index contributed by atoms with van der Waals surface area (Å²) in [5.74, 6) is 1.85. The van der Waals surface area contributed by atoms with Gasteiger partial charge in [-0.3, -0.25) is 4.99 Å². The van der Waals surface area contributed by atoms with Crippen LogP contribution in [0.25, 0.3) is 0 Å². The number of hydrogen-bond acceptors (Lipinski definition) is 3. The number of rotatable bonds is 6. The van der Waals surface area contributed by atoms with Crippen molar-refractivity contribution >= 4 is 41.3 Å². The molecule has 4 nitrogen and oxygen atoms in total. The maximum absolute atomic E-state index is 12.5. The molecule has 1 heterocycles. The van der Waals surface area contributed by atoms with E-state index in [2.05, 4.69) is 44.9 Å². The minimum Gasteiger partial charge on any atom is -0.356 e. The number of hydrogen-bond donors (Lipinski definition) is 2. The lowest BCUT2D eigenvalue weighted by Gasteiger charge is -2.11. The summed E-state index contributed by atoms with van der Waals surface area (Å²) in [6.45, 7) is 1.31. The number of thiazole rings is 1. The summed E-state index contributed by atoms with van der Waals surface area (Å²) >= 11 is 1.03. The topological polar surface area (TPSA) is 49.3 Å². The minimum atomic E-state index is -4.38. The van der Waals surface area contributed by atoms with Gasteiger partial charge in [0.05, 0.1) is 5.01 Å². The lowest BCUT2D eigenvalue weighted by Crippen LogP contribution is -2.39. The Labute approximate surface area is 177 Å². The van der Waals surface area contributed by atoms with Gasteiger partial charge < -0.3 is 10.6 Å². The molecule has 2 atom stereocenters. The highest BCUT2D eigenvalue weighted by Crippen LogP contribution is 2.46.